The Labute approximate surface area is 139 Å². The average Bonchev–Trinajstić information content (AvgIpc) is 2.39. The third-order valence-corrected chi connectivity index (χ3v) is 5.66. The highest BCUT2D eigenvalue weighted by Gasteiger charge is 2.24. The molecule has 0 fully saturated rings. The zero-order chi connectivity index (χ0) is 17.0. The van der Waals surface area contributed by atoms with Gasteiger partial charge in [0.2, 0.25) is 0 Å². The number of hydrogen-bond acceptors (Lipinski definition) is 3. The SMILES string of the molecule is CC(C)CCCOP(=O)(CCCC(C)C)OCCCC(C)C. The van der Waals surface area contributed by atoms with Crippen LogP contribution in [0, 0.1) is 17.8 Å². The zero-order valence-electron chi connectivity index (χ0n) is 15.8. The van der Waals surface area contributed by atoms with Crippen LogP contribution in [0.4, 0.5) is 0 Å². The maximum Gasteiger partial charge on any atom is 0.330 e. The molecule has 0 atom stereocenters. The third-order valence-electron chi connectivity index (χ3n) is 3.64. The first-order chi connectivity index (χ1) is 10.2. The molecule has 22 heavy (non-hydrogen) atoms. The molecule has 0 spiro atoms. The van der Waals surface area contributed by atoms with Gasteiger partial charge >= 0.3 is 7.60 Å². The summed E-state index contributed by atoms with van der Waals surface area (Å²) in [6.45, 7) is 14.3. The fraction of sp³-hybridized carbons (Fsp3) is 1.00. The van der Waals surface area contributed by atoms with Gasteiger partial charge in [-0.15, -0.1) is 0 Å². The summed E-state index contributed by atoms with van der Waals surface area (Å²) < 4.78 is 24.2. The Hall–Kier alpha value is 0.150. The Morgan fingerprint density at radius 2 is 1.05 bits per heavy atom. The van der Waals surface area contributed by atoms with Gasteiger partial charge in [-0.1, -0.05) is 48.0 Å². The molecule has 0 saturated carbocycles. The Bertz CT molecular complexity index is 281. The second kappa shape index (κ2) is 12.6. The van der Waals surface area contributed by atoms with Crippen LogP contribution in [-0.4, -0.2) is 19.4 Å². The first kappa shape index (κ1) is 22.1. The van der Waals surface area contributed by atoms with Gasteiger partial charge < -0.3 is 9.05 Å². The summed E-state index contributed by atoms with van der Waals surface area (Å²) >= 11 is 0. The molecule has 0 rings (SSSR count). The smallest absolute Gasteiger partial charge is 0.309 e. The van der Waals surface area contributed by atoms with Crippen molar-refractivity contribution >= 4 is 7.60 Å². The van der Waals surface area contributed by atoms with Crippen molar-refractivity contribution < 1.29 is 13.6 Å². The molecule has 0 N–H and O–H groups in total. The van der Waals surface area contributed by atoms with E-state index in [4.69, 9.17) is 9.05 Å². The van der Waals surface area contributed by atoms with Gasteiger partial charge in [0.25, 0.3) is 0 Å². The van der Waals surface area contributed by atoms with Crippen LogP contribution in [0.1, 0.15) is 80.1 Å². The van der Waals surface area contributed by atoms with E-state index in [1.165, 1.54) is 0 Å². The van der Waals surface area contributed by atoms with Crippen molar-refractivity contribution in [3.63, 3.8) is 0 Å². The van der Waals surface area contributed by atoms with Crippen LogP contribution in [0.5, 0.6) is 0 Å². The zero-order valence-corrected chi connectivity index (χ0v) is 16.7. The summed E-state index contributed by atoms with van der Waals surface area (Å²) in [6.07, 6.45) is 6.70. The summed E-state index contributed by atoms with van der Waals surface area (Å²) in [5.74, 6) is 1.96. The van der Waals surface area contributed by atoms with E-state index in [1.54, 1.807) is 0 Å². The van der Waals surface area contributed by atoms with E-state index < -0.39 is 7.60 Å². The van der Waals surface area contributed by atoms with Crippen molar-refractivity contribution in [2.24, 2.45) is 17.8 Å². The molecule has 0 aromatic heterocycles. The van der Waals surface area contributed by atoms with Crippen LogP contribution in [0.2, 0.25) is 0 Å². The van der Waals surface area contributed by atoms with Crippen LogP contribution in [-0.2, 0) is 13.6 Å². The van der Waals surface area contributed by atoms with Gasteiger partial charge in [0, 0.05) is 0 Å². The van der Waals surface area contributed by atoms with E-state index in [9.17, 15) is 4.57 Å². The van der Waals surface area contributed by atoms with Gasteiger partial charge in [-0.05, 0) is 49.9 Å². The topological polar surface area (TPSA) is 35.5 Å². The maximum absolute atomic E-state index is 12.8. The first-order valence-electron chi connectivity index (χ1n) is 9.13. The molecule has 0 bridgehead atoms. The Kier molecular flexibility index (Phi) is 12.6. The van der Waals surface area contributed by atoms with Crippen LogP contribution in [0.3, 0.4) is 0 Å². The summed E-state index contributed by atoms with van der Waals surface area (Å²) in [7, 11) is -2.90. The Balaban J connectivity index is 4.19. The van der Waals surface area contributed by atoms with E-state index >= 15 is 0 Å². The summed E-state index contributed by atoms with van der Waals surface area (Å²) in [4.78, 5) is 0. The molecule has 0 heterocycles. The van der Waals surface area contributed by atoms with Crippen molar-refractivity contribution in [3.8, 4) is 0 Å². The molecule has 0 unspecified atom stereocenters. The summed E-state index contributed by atoms with van der Waals surface area (Å²) in [5.41, 5.74) is 0. The lowest BCUT2D eigenvalue weighted by atomic mass is 10.1. The van der Waals surface area contributed by atoms with Crippen LogP contribution in [0.25, 0.3) is 0 Å². The van der Waals surface area contributed by atoms with E-state index in [2.05, 4.69) is 41.5 Å². The van der Waals surface area contributed by atoms with Gasteiger partial charge in [0.05, 0.1) is 19.4 Å². The average molecular weight is 334 g/mol. The lowest BCUT2D eigenvalue weighted by Gasteiger charge is -2.19. The van der Waals surface area contributed by atoms with Gasteiger partial charge in [-0.25, -0.2) is 0 Å². The molecule has 134 valence electrons. The fourth-order valence-electron chi connectivity index (χ4n) is 2.25. The number of hydrogen-bond donors (Lipinski definition) is 0. The quantitative estimate of drug-likeness (QED) is 0.268. The maximum atomic E-state index is 12.8. The van der Waals surface area contributed by atoms with Crippen LogP contribution in [0.15, 0.2) is 0 Å². The molecular weight excluding hydrogens is 295 g/mol. The summed E-state index contributed by atoms with van der Waals surface area (Å²) in [6, 6.07) is 0. The highest BCUT2D eigenvalue weighted by atomic mass is 31.2. The minimum atomic E-state index is -2.90. The molecule has 0 radical (unpaired) electrons. The Morgan fingerprint density at radius 3 is 1.41 bits per heavy atom. The highest BCUT2D eigenvalue weighted by molar-refractivity contribution is 7.53. The predicted molar refractivity (Wildman–Crippen MR) is 96.6 cm³/mol. The Morgan fingerprint density at radius 1 is 0.682 bits per heavy atom. The fourth-order valence-corrected chi connectivity index (χ4v) is 3.97. The molecule has 0 saturated heterocycles. The molecule has 0 aliphatic heterocycles. The molecule has 0 aromatic rings. The molecule has 0 amide bonds. The van der Waals surface area contributed by atoms with E-state index in [0.29, 0.717) is 37.1 Å². The van der Waals surface area contributed by atoms with Gasteiger partial charge in [0.1, 0.15) is 0 Å². The van der Waals surface area contributed by atoms with Crippen molar-refractivity contribution in [1.82, 2.24) is 0 Å². The molecule has 0 aliphatic rings. The minimum absolute atomic E-state index is 0.557. The monoisotopic (exact) mass is 334 g/mol. The van der Waals surface area contributed by atoms with Crippen molar-refractivity contribution in [2.75, 3.05) is 19.4 Å². The van der Waals surface area contributed by atoms with Crippen molar-refractivity contribution in [2.45, 2.75) is 80.1 Å². The van der Waals surface area contributed by atoms with E-state index in [0.717, 1.165) is 38.5 Å². The third kappa shape index (κ3) is 13.8. The predicted octanol–water partition coefficient (Wildman–Crippen LogP) is 6.52. The molecule has 3 nitrogen and oxygen atoms in total. The van der Waals surface area contributed by atoms with Gasteiger partial charge in [-0.3, -0.25) is 4.57 Å². The largest absolute Gasteiger partial charge is 0.330 e. The van der Waals surface area contributed by atoms with E-state index in [1.807, 2.05) is 0 Å². The highest BCUT2D eigenvalue weighted by Crippen LogP contribution is 2.49. The van der Waals surface area contributed by atoms with Crippen molar-refractivity contribution in [1.29, 1.82) is 0 Å². The number of rotatable bonds is 14. The molecule has 0 aromatic carbocycles. The normalized spacial score (nSPS) is 12.8. The standard InChI is InChI=1S/C18H39O3P/c1-16(2)10-7-13-20-22(19,15-9-12-18(5)6)21-14-8-11-17(3)4/h16-18H,7-15H2,1-6H3. The van der Waals surface area contributed by atoms with E-state index in [-0.39, 0.29) is 0 Å². The first-order valence-corrected chi connectivity index (χ1v) is 10.9. The van der Waals surface area contributed by atoms with Gasteiger partial charge in [-0.2, -0.15) is 0 Å². The molecular formula is C18H39O3P. The lowest BCUT2D eigenvalue weighted by Crippen LogP contribution is -2.05. The summed E-state index contributed by atoms with van der Waals surface area (Å²) in [5, 5.41) is 0. The minimum Gasteiger partial charge on any atom is -0.309 e. The van der Waals surface area contributed by atoms with Crippen molar-refractivity contribution in [3.05, 3.63) is 0 Å². The lowest BCUT2D eigenvalue weighted by molar-refractivity contribution is 0.193. The second-order valence-corrected chi connectivity index (χ2v) is 9.79. The molecule has 4 heteroatoms. The molecule has 0 aliphatic carbocycles. The van der Waals surface area contributed by atoms with Crippen LogP contribution >= 0.6 is 7.60 Å². The van der Waals surface area contributed by atoms with Gasteiger partial charge in [0.15, 0.2) is 0 Å². The van der Waals surface area contributed by atoms with Crippen LogP contribution < -0.4 is 0 Å². The second-order valence-electron chi connectivity index (χ2n) is 7.61.